The van der Waals surface area contributed by atoms with Gasteiger partial charge in [0.1, 0.15) is 11.5 Å². The summed E-state index contributed by atoms with van der Waals surface area (Å²) in [4.78, 5) is 8.97. The van der Waals surface area contributed by atoms with E-state index in [-0.39, 0.29) is 11.5 Å². The summed E-state index contributed by atoms with van der Waals surface area (Å²) in [6, 6.07) is 23.2. The first-order valence-electron chi connectivity index (χ1n) is 10.1. The average Bonchev–Trinajstić information content (AvgIpc) is 2.78. The summed E-state index contributed by atoms with van der Waals surface area (Å²) >= 11 is 0. The molecule has 0 aromatic heterocycles. The third kappa shape index (κ3) is 4.33. The van der Waals surface area contributed by atoms with Crippen LogP contribution >= 0.6 is 0 Å². The molecule has 0 heterocycles. The predicted molar refractivity (Wildman–Crippen MR) is 125 cm³/mol. The molecule has 0 saturated carbocycles. The first-order chi connectivity index (χ1) is 14.7. The predicted octanol–water partition coefficient (Wildman–Crippen LogP) is 5.72. The summed E-state index contributed by atoms with van der Waals surface area (Å²) < 4.78 is 0. The van der Waals surface area contributed by atoms with Crippen molar-refractivity contribution in [2.24, 2.45) is 9.98 Å². The monoisotopic (exact) mass is 396 g/mol. The third-order valence-electron chi connectivity index (χ3n) is 5.16. The third-order valence-corrected chi connectivity index (χ3v) is 5.16. The zero-order valence-electron chi connectivity index (χ0n) is 16.7. The normalized spacial score (nSPS) is 11.9. The average molecular weight is 396 g/mol. The van der Waals surface area contributed by atoms with Crippen LogP contribution in [0.5, 0.6) is 11.5 Å². The number of fused-ring (bicyclic) bond motifs is 2. The Morgan fingerprint density at radius 1 is 0.567 bits per heavy atom. The van der Waals surface area contributed by atoms with Gasteiger partial charge in [-0.25, -0.2) is 0 Å². The van der Waals surface area contributed by atoms with Crippen molar-refractivity contribution >= 4 is 34.0 Å². The molecule has 4 aromatic carbocycles. The molecule has 0 spiro atoms. The number of rotatable bonds is 7. The van der Waals surface area contributed by atoms with E-state index in [2.05, 4.69) is 9.98 Å². The number of unbranched alkanes of at least 4 members (excludes halogenated alkanes) is 1. The topological polar surface area (TPSA) is 65.2 Å². The van der Waals surface area contributed by atoms with Crippen LogP contribution in [0.25, 0.3) is 21.5 Å². The molecule has 30 heavy (non-hydrogen) atoms. The summed E-state index contributed by atoms with van der Waals surface area (Å²) in [5, 5.41) is 24.5. The van der Waals surface area contributed by atoms with Crippen LogP contribution in [-0.2, 0) is 0 Å². The zero-order chi connectivity index (χ0) is 20.8. The molecule has 0 aliphatic heterocycles. The molecule has 2 N–H and O–H groups in total. The number of aromatic hydroxyl groups is 2. The minimum atomic E-state index is 0.247. The fourth-order valence-electron chi connectivity index (χ4n) is 3.56. The van der Waals surface area contributed by atoms with Gasteiger partial charge in [0, 0.05) is 36.6 Å². The van der Waals surface area contributed by atoms with Crippen molar-refractivity contribution in [3.63, 3.8) is 0 Å². The maximum Gasteiger partial charge on any atom is 0.124 e. The van der Waals surface area contributed by atoms with Gasteiger partial charge in [-0.05, 0) is 46.5 Å². The van der Waals surface area contributed by atoms with E-state index in [4.69, 9.17) is 0 Å². The Morgan fingerprint density at radius 2 is 1.00 bits per heavy atom. The second-order valence-corrected chi connectivity index (χ2v) is 7.22. The van der Waals surface area contributed by atoms with Gasteiger partial charge in [-0.3, -0.25) is 9.98 Å². The van der Waals surface area contributed by atoms with E-state index in [1.54, 1.807) is 24.6 Å². The standard InChI is InChI=1S/C26H24N2O2/c29-25-13-11-19-7-1-3-9-21(19)23(25)17-27-15-5-6-16-28-18-24-22-10-4-2-8-20(22)12-14-26(24)30/h1-4,7-14,17-18,29-30H,5-6,15-16H2. The van der Waals surface area contributed by atoms with E-state index in [0.29, 0.717) is 13.1 Å². The number of nitrogens with zero attached hydrogens (tertiary/aromatic N) is 2. The lowest BCUT2D eigenvalue weighted by Crippen LogP contribution is -1.91. The second-order valence-electron chi connectivity index (χ2n) is 7.22. The lowest BCUT2D eigenvalue weighted by molar-refractivity contribution is 0.475. The molecule has 150 valence electrons. The van der Waals surface area contributed by atoms with Crippen LogP contribution < -0.4 is 0 Å². The van der Waals surface area contributed by atoms with Crippen LogP contribution in [0.1, 0.15) is 24.0 Å². The first-order valence-corrected chi connectivity index (χ1v) is 10.1. The van der Waals surface area contributed by atoms with Gasteiger partial charge >= 0.3 is 0 Å². The van der Waals surface area contributed by atoms with Crippen molar-refractivity contribution in [2.45, 2.75) is 12.8 Å². The summed E-state index contributed by atoms with van der Waals surface area (Å²) in [7, 11) is 0. The van der Waals surface area contributed by atoms with Crippen LogP contribution in [0.3, 0.4) is 0 Å². The van der Waals surface area contributed by atoms with E-state index in [9.17, 15) is 10.2 Å². The number of hydrogen-bond acceptors (Lipinski definition) is 4. The maximum atomic E-state index is 10.2. The molecule has 0 amide bonds. The molecule has 0 unspecified atom stereocenters. The highest BCUT2D eigenvalue weighted by Crippen LogP contribution is 2.26. The van der Waals surface area contributed by atoms with Crippen molar-refractivity contribution in [1.29, 1.82) is 0 Å². The van der Waals surface area contributed by atoms with Gasteiger partial charge < -0.3 is 10.2 Å². The van der Waals surface area contributed by atoms with Crippen LogP contribution in [0.4, 0.5) is 0 Å². The number of hydrogen-bond donors (Lipinski definition) is 2. The van der Waals surface area contributed by atoms with E-state index in [0.717, 1.165) is 45.5 Å². The van der Waals surface area contributed by atoms with Crippen LogP contribution in [0.15, 0.2) is 82.8 Å². The lowest BCUT2D eigenvalue weighted by Gasteiger charge is -2.05. The molecular weight excluding hydrogens is 372 g/mol. The molecule has 4 heteroatoms. The fourth-order valence-corrected chi connectivity index (χ4v) is 3.56. The molecular formula is C26H24N2O2. The van der Waals surface area contributed by atoms with E-state index in [1.165, 1.54) is 0 Å². The molecule has 0 aliphatic carbocycles. The Bertz CT molecular complexity index is 1130. The largest absolute Gasteiger partial charge is 0.507 e. The van der Waals surface area contributed by atoms with Crippen molar-refractivity contribution < 1.29 is 10.2 Å². The van der Waals surface area contributed by atoms with Gasteiger partial charge in [0.15, 0.2) is 0 Å². The molecule has 0 saturated heterocycles. The highest BCUT2D eigenvalue weighted by atomic mass is 16.3. The molecule has 4 nitrogen and oxygen atoms in total. The van der Waals surface area contributed by atoms with Gasteiger partial charge in [0.2, 0.25) is 0 Å². The zero-order valence-corrected chi connectivity index (χ0v) is 16.7. The highest BCUT2D eigenvalue weighted by Gasteiger charge is 2.05. The van der Waals surface area contributed by atoms with Gasteiger partial charge in [-0.2, -0.15) is 0 Å². The molecule has 0 bridgehead atoms. The van der Waals surface area contributed by atoms with Gasteiger partial charge in [0.25, 0.3) is 0 Å². The summed E-state index contributed by atoms with van der Waals surface area (Å²) in [5.41, 5.74) is 1.52. The van der Waals surface area contributed by atoms with Crippen molar-refractivity contribution in [2.75, 3.05) is 13.1 Å². The fraction of sp³-hybridized carbons (Fsp3) is 0.154. The number of phenolic OH excluding ortho intramolecular Hbond substituents is 2. The SMILES string of the molecule is Oc1ccc2ccccc2c1C=NCCCCN=Cc1c(O)ccc2ccccc12. The maximum absolute atomic E-state index is 10.2. The highest BCUT2D eigenvalue weighted by molar-refractivity contribution is 6.03. The van der Waals surface area contributed by atoms with Gasteiger partial charge in [0.05, 0.1) is 0 Å². The Balaban J connectivity index is 1.32. The van der Waals surface area contributed by atoms with Gasteiger partial charge in [-0.15, -0.1) is 0 Å². The molecule has 0 radical (unpaired) electrons. The van der Waals surface area contributed by atoms with Crippen molar-refractivity contribution in [3.8, 4) is 11.5 Å². The number of phenols is 2. The second kappa shape index (κ2) is 9.23. The molecule has 0 atom stereocenters. The van der Waals surface area contributed by atoms with Crippen LogP contribution in [-0.4, -0.2) is 35.7 Å². The van der Waals surface area contributed by atoms with Crippen LogP contribution in [0.2, 0.25) is 0 Å². The minimum Gasteiger partial charge on any atom is -0.507 e. The van der Waals surface area contributed by atoms with E-state index in [1.807, 2.05) is 60.7 Å². The molecule has 4 rings (SSSR count). The Hall–Kier alpha value is -3.66. The van der Waals surface area contributed by atoms with E-state index >= 15 is 0 Å². The Labute approximate surface area is 175 Å². The van der Waals surface area contributed by atoms with E-state index < -0.39 is 0 Å². The summed E-state index contributed by atoms with van der Waals surface area (Å²) in [6.07, 6.45) is 5.33. The Kier molecular flexibility index (Phi) is 6.04. The van der Waals surface area contributed by atoms with Crippen molar-refractivity contribution in [1.82, 2.24) is 0 Å². The molecule has 4 aromatic rings. The van der Waals surface area contributed by atoms with Gasteiger partial charge in [-0.1, -0.05) is 60.7 Å². The summed E-state index contributed by atoms with van der Waals surface area (Å²) in [6.45, 7) is 1.36. The quantitative estimate of drug-likeness (QED) is 0.310. The first kappa shape index (κ1) is 19.6. The number of aliphatic imine (C=N–C) groups is 2. The smallest absolute Gasteiger partial charge is 0.124 e. The minimum absolute atomic E-state index is 0.247. The van der Waals surface area contributed by atoms with Crippen LogP contribution in [0, 0.1) is 0 Å². The lowest BCUT2D eigenvalue weighted by atomic mass is 10.0. The van der Waals surface area contributed by atoms with Crippen molar-refractivity contribution in [3.05, 3.63) is 83.9 Å². The number of benzene rings is 4. The Morgan fingerprint density at radius 3 is 1.47 bits per heavy atom. The molecule has 0 fully saturated rings. The summed E-state index contributed by atoms with van der Waals surface area (Å²) in [5.74, 6) is 0.494. The molecule has 0 aliphatic rings.